The number of rotatable bonds is 6. The van der Waals surface area contributed by atoms with Gasteiger partial charge in [-0.05, 0) is 24.6 Å². The van der Waals surface area contributed by atoms with Gasteiger partial charge in [-0.25, -0.2) is 9.78 Å². The summed E-state index contributed by atoms with van der Waals surface area (Å²) in [5, 5.41) is 18.2. The van der Waals surface area contributed by atoms with E-state index in [2.05, 4.69) is 20.5 Å². The van der Waals surface area contributed by atoms with Gasteiger partial charge in [-0.2, -0.15) is 5.10 Å². The maximum atomic E-state index is 11.7. The third-order valence-electron chi connectivity index (χ3n) is 2.91. The smallest absolute Gasteiger partial charge is 0.335 e. The SMILES string of the molecule is Cc1nc(CCC(=O)NCc2ccc(C(=O)O)cc2)n[nH]1. The molecule has 1 aromatic carbocycles. The third kappa shape index (κ3) is 4.41. The molecule has 3 N–H and O–H groups in total. The fraction of sp³-hybridized carbons (Fsp3) is 0.286. The predicted molar refractivity (Wildman–Crippen MR) is 74.7 cm³/mol. The Bertz CT molecular complexity index is 634. The number of aromatic nitrogens is 3. The highest BCUT2D eigenvalue weighted by atomic mass is 16.4. The normalized spacial score (nSPS) is 10.3. The van der Waals surface area contributed by atoms with E-state index in [0.717, 1.165) is 11.4 Å². The zero-order valence-corrected chi connectivity index (χ0v) is 11.6. The highest BCUT2D eigenvalue weighted by molar-refractivity contribution is 5.87. The van der Waals surface area contributed by atoms with Gasteiger partial charge in [0.05, 0.1) is 5.56 Å². The number of carboxylic acids is 1. The maximum absolute atomic E-state index is 11.7. The van der Waals surface area contributed by atoms with Gasteiger partial charge in [0, 0.05) is 19.4 Å². The van der Waals surface area contributed by atoms with Gasteiger partial charge in [-0.3, -0.25) is 9.89 Å². The molecule has 0 atom stereocenters. The van der Waals surface area contributed by atoms with Gasteiger partial charge in [0.2, 0.25) is 5.91 Å². The number of nitrogens with zero attached hydrogens (tertiary/aromatic N) is 2. The van der Waals surface area contributed by atoms with Crippen LogP contribution in [-0.2, 0) is 17.8 Å². The second-order valence-corrected chi connectivity index (χ2v) is 4.62. The van der Waals surface area contributed by atoms with Crippen LogP contribution in [0.15, 0.2) is 24.3 Å². The van der Waals surface area contributed by atoms with Crippen molar-refractivity contribution in [3.8, 4) is 0 Å². The van der Waals surface area contributed by atoms with Crippen LogP contribution >= 0.6 is 0 Å². The van der Waals surface area contributed by atoms with Crippen molar-refractivity contribution in [3.05, 3.63) is 47.0 Å². The third-order valence-corrected chi connectivity index (χ3v) is 2.91. The summed E-state index contributed by atoms with van der Waals surface area (Å²) in [6.07, 6.45) is 0.790. The van der Waals surface area contributed by atoms with Crippen LogP contribution in [0.25, 0.3) is 0 Å². The molecule has 0 aliphatic carbocycles. The average molecular weight is 288 g/mol. The molecular formula is C14H16N4O3. The van der Waals surface area contributed by atoms with Crippen LogP contribution in [0.1, 0.15) is 34.0 Å². The lowest BCUT2D eigenvalue weighted by Crippen LogP contribution is -2.23. The van der Waals surface area contributed by atoms with E-state index in [9.17, 15) is 9.59 Å². The van der Waals surface area contributed by atoms with Crippen molar-refractivity contribution >= 4 is 11.9 Å². The van der Waals surface area contributed by atoms with Crippen molar-refractivity contribution in [2.75, 3.05) is 0 Å². The van der Waals surface area contributed by atoms with E-state index in [1.165, 1.54) is 12.1 Å². The predicted octanol–water partition coefficient (Wildman–Crippen LogP) is 1.06. The monoisotopic (exact) mass is 288 g/mol. The molecule has 0 bridgehead atoms. The number of carbonyl (C=O) groups is 2. The Morgan fingerprint density at radius 2 is 2.00 bits per heavy atom. The molecule has 0 aliphatic heterocycles. The first-order valence-corrected chi connectivity index (χ1v) is 6.51. The Hall–Kier alpha value is -2.70. The van der Waals surface area contributed by atoms with Gasteiger partial charge < -0.3 is 10.4 Å². The van der Waals surface area contributed by atoms with Crippen LogP contribution in [0, 0.1) is 6.92 Å². The van der Waals surface area contributed by atoms with Crippen molar-refractivity contribution in [1.82, 2.24) is 20.5 Å². The Morgan fingerprint density at radius 3 is 2.57 bits per heavy atom. The first-order chi connectivity index (χ1) is 10.0. The summed E-state index contributed by atoms with van der Waals surface area (Å²) < 4.78 is 0. The molecule has 0 saturated carbocycles. The number of aromatic carboxylic acids is 1. The minimum atomic E-state index is -0.965. The van der Waals surface area contributed by atoms with E-state index < -0.39 is 5.97 Å². The van der Waals surface area contributed by atoms with Gasteiger partial charge in [0.1, 0.15) is 5.82 Å². The van der Waals surface area contributed by atoms with Crippen molar-refractivity contribution < 1.29 is 14.7 Å². The Morgan fingerprint density at radius 1 is 1.29 bits per heavy atom. The number of nitrogens with one attached hydrogen (secondary N) is 2. The van der Waals surface area contributed by atoms with E-state index in [1.807, 2.05) is 0 Å². The minimum absolute atomic E-state index is 0.0974. The van der Waals surface area contributed by atoms with Crippen molar-refractivity contribution in [3.63, 3.8) is 0 Å². The zero-order chi connectivity index (χ0) is 15.2. The lowest BCUT2D eigenvalue weighted by Gasteiger charge is -2.05. The number of hydrogen-bond donors (Lipinski definition) is 3. The van der Waals surface area contributed by atoms with Gasteiger partial charge in [-0.15, -0.1) is 0 Å². The van der Waals surface area contributed by atoms with E-state index in [-0.39, 0.29) is 11.5 Å². The number of H-pyrrole nitrogens is 1. The number of aryl methyl sites for hydroxylation is 2. The van der Waals surface area contributed by atoms with E-state index in [0.29, 0.717) is 25.2 Å². The van der Waals surface area contributed by atoms with E-state index in [4.69, 9.17) is 5.11 Å². The van der Waals surface area contributed by atoms with Gasteiger partial charge >= 0.3 is 5.97 Å². The molecule has 0 unspecified atom stereocenters. The summed E-state index contributed by atoms with van der Waals surface area (Å²) >= 11 is 0. The van der Waals surface area contributed by atoms with Gasteiger partial charge in [0.15, 0.2) is 5.82 Å². The van der Waals surface area contributed by atoms with E-state index >= 15 is 0 Å². The Balaban J connectivity index is 1.77. The average Bonchev–Trinajstić information content (AvgIpc) is 2.89. The molecule has 0 radical (unpaired) electrons. The number of amides is 1. The first-order valence-electron chi connectivity index (χ1n) is 6.51. The largest absolute Gasteiger partial charge is 0.478 e. The summed E-state index contributed by atoms with van der Waals surface area (Å²) in [5.74, 6) is 0.282. The van der Waals surface area contributed by atoms with E-state index in [1.54, 1.807) is 19.1 Å². The summed E-state index contributed by atoms with van der Waals surface area (Å²) in [7, 11) is 0. The second kappa shape index (κ2) is 6.65. The quantitative estimate of drug-likeness (QED) is 0.736. The van der Waals surface area contributed by atoms with Crippen LogP contribution < -0.4 is 5.32 Å². The fourth-order valence-electron chi connectivity index (χ4n) is 1.78. The molecule has 1 amide bonds. The molecule has 2 rings (SSSR count). The maximum Gasteiger partial charge on any atom is 0.335 e. The standard InChI is InChI=1S/C14H16N4O3/c1-9-16-12(18-17-9)6-7-13(19)15-8-10-2-4-11(5-3-10)14(20)21/h2-5H,6-8H2,1H3,(H,15,19)(H,20,21)(H,16,17,18). The molecule has 110 valence electrons. The minimum Gasteiger partial charge on any atom is -0.478 e. The zero-order valence-electron chi connectivity index (χ0n) is 11.6. The second-order valence-electron chi connectivity index (χ2n) is 4.62. The summed E-state index contributed by atoms with van der Waals surface area (Å²) in [5.41, 5.74) is 1.08. The molecule has 7 nitrogen and oxygen atoms in total. The van der Waals surface area contributed by atoms with Crippen LogP contribution in [0.5, 0.6) is 0 Å². The molecule has 0 spiro atoms. The van der Waals surface area contributed by atoms with Crippen molar-refractivity contribution in [2.24, 2.45) is 0 Å². The van der Waals surface area contributed by atoms with Crippen molar-refractivity contribution in [1.29, 1.82) is 0 Å². The molecule has 21 heavy (non-hydrogen) atoms. The molecule has 1 aromatic heterocycles. The molecular weight excluding hydrogens is 272 g/mol. The molecule has 2 aromatic rings. The summed E-state index contributed by atoms with van der Waals surface area (Å²) in [6.45, 7) is 2.17. The molecule has 1 heterocycles. The molecule has 0 saturated heterocycles. The molecule has 0 fully saturated rings. The van der Waals surface area contributed by atoms with Crippen LogP contribution in [-0.4, -0.2) is 32.2 Å². The number of carboxylic acid groups (broad SMARTS) is 1. The van der Waals surface area contributed by atoms with Crippen molar-refractivity contribution in [2.45, 2.75) is 26.3 Å². The Labute approximate surface area is 121 Å². The number of carbonyl (C=O) groups excluding carboxylic acids is 1. The Kier molecular flexibility index (Phi) is 4.65. The topological polar surface area (TPSA) is 108 Å². The number of hydrogen-bond acceptors (Lipinski definition) is 4. The molecule has 0 aliphatic rings. The van der Waals surface area contributed by atoms with Crippen LogP contribution in [0.3, 0.4) is 0 Å². The number of aromatic amines is 1. The summed E-state index contributed by atoms with van der Waals surface area (Å²) in [6, 6.07) is 6.39. The number of benzene rings is 1. The fourth-order valence-corrected chi connectivity index (χ4v) is 1.78. The van der Waals surface area contributed by atoms with Crippen LogP contribution in [0.2, 0.25) is 0 Å². The highest BCUT2D eigenvalue weighted by Gasteiger charge is 2.06. The first kappa shape index (κ1) is 14.7. The van der Waals surface area contributed by atoms with Gasteiger partial charge in [0.25, 0.3) is 0 Å². The highest BCUT2D eigenvalue weighted by Crippen LogP contribution is 2.04. The summed E-state index contributed by atoms with van der Waals surface area (Å²) in [4.78, 5) is 26.5. The lowest BCUT2D eigenvalue weighted by atomic mass is 10.1. The van der Waals surface area contributed by atoms with Crippen LogP contribution in [0.4, 0.5) is 0 Å². The lowest BCUT2D eigenvalue weighted by molar-refractivity contribution is -0.121. The molecule has 7 heteroatoms. The van der Waals surface area contributed by atoms with Gasteiger partial charge in [-0.1, -0.05) is 12.1 Å².